The predicted octanol–water partition coefficient (Wildman–Crippen LogP) is 3.25. The summed E-state index contributed by atoms with van der Waals surface area (Å²) in [6, 6.07) is 13.5. The molecule has 0 atom stereocenters. The maximum Gasteiger partial charge on any atom is 0.240 e. The molecule has 2 aromatic carbocycles. The van der Waals surface area contributed by atoms with E-state index < -0.39 is 10.0 Å². The summed E-state index contributed by atoms with van der Waals surface area (Å²) in [6.07, 6.45) is 1.07. The molecule has 5 nitrogen and oxygen atoms in total. The average molecular weight is 522 g/mol. The van der Waals surface area contributed by atoms with Gasteiger partial charge in [-0.15, -0.1) is 0 Å². The monoisotopic (exact) mass is 522 g/mol. The van der Waals surface area contributed by atoms with Crippen LogP contribution in [0.4, 0.5) is 10.1 Å². The minimum absolute atomic E-state index is 0.240. The fourth-order valence-corrected chi connectivity index (χ4v) is 4.31. The van der Waals surface area contributed by atoms with Gasteiger partial charge in [0, 0.05) is 21.6 Å². The molecule has 2 rings (SSSR count). The molecule has 0 unspecified atom stereocenters. The van der Waals surface area contributed by atoms with E-state index in [2.05, 4.69) is 27.9 Å². The molecule has 0 aliphatic rings. The van der Waals surface area contributed by atoms with Crippen molar-refractivity contribution >= 4 is 56.0 Å². The fourth-order valence-electron chi connectivity index (χ4n) is 2.25. The Morgan fingerprint density at radius 1 is 1.19 bits per heavy atom. The second-order valence-electron chi connectivity index (χ2n) is 5.74. The highest BCUT2D eigenvalue weighted by Crippen LogP contribution is 2.19. The standard InChI is InChI=1S/C18H20FIN2O3S2/c1-27(24,25)22(16-8-6-15(20)7-9-16)12-18(23)21-10-11-26-13-14-4-2-3-5-17(14)19/h2-9H,10-13H2,1H3,(H,21,23). The van der Waals surface area contributed by atoms with Crippen molar-refractivity contribution < 1.29 is 17.6 Å². The lowest BCUT2D eigenvalue weighted by molar-refractivity contribution is -0.119. The van der Waals surface area contributed by atoms with Crippen LogP contribution in [0.2, 0.25) is 0 Å². The molecule has 0 aliphatic heterocycles. The summed E-state index contributed by atoms with van der Waals surface area (Å²) in [5, 5.41) is 2.71. The van der Waals surface area contributed by atoms with Crippen molar-refractivity contribution in [2.75, 3.05) is 29.4 Å². The molecular formula is C18H20FIN2O3S2. The Labute approximate surface area is 176 Å². The van der Waals surface area contributed by atoms with Gasteiger partial charge in [-0.3, -0.25) is 9.10 Å². The Kier molecular flexibility index (Phi) is 8.36. The molecule has 0 fully saturated rings. The molecule has 0 bridgehead atoms. The first-order valence-corrected chi connectivity index (χ1v) is 12.2. The SMILES string of the molecule is CS(=O)(=O)N(CC(=O)NCCSCc1ccccc1F)c1ccc(I)cc1. The van der Waals surface area contributed by atoms with Crippen LogP contribution in [0.1, 0.15) is 5.56 Å². The van der Waals surface area contributed by atoms with Gasteiger partial charge in [0.05, 0.1) is 11.9 Å². The summed E-state index contributed by atoms with van der Waals surface area (Å²) in [6.45, 7) is 0.0969. The van der Waals surface area contributed by atoms with E-state index in [9.17, 15) is 17.6 Å². The van der Waals surface area contributed by atoms with Crippen molar-refractivity contribution in [3.05, 3.63) is 63.5 Å². The lowest BCUT2D eigenvalue weighted by atomic mass is 10.2. The molecule has 0 radical (unpaired) electrons. The lowest BCUT2D eigenvalue weighted by Crippen LogP contribution is -2.41. The Morgan fingerprint density at radius 2 is 1.85 bits per heavy atom. The van der Waals surface area contributed by atoms with Crippen LogP contribution in [0.25, 0.3) is 0 Å². The van der Waals surface area contributed by atoms with Crippen molar-refractivity contribution in [3.63, 3.8) is 0 Å². The number of carbonyl (C=O) groups excluding carboxylic acids is 1. The Balaban J connectivity index is 1.82. The highest BCUT2D eigenvalue weighted by atomic mass is 127. The Morgan fingerprint density at radius 3 is 2.48 bits per heavy atom. The maximum atomic E-state index is 13.5. The van der Waals surface area contributed by atoms with E-state index in [1.54, 1.807) is 42.5 Å². The zero-order chi connectivity index (χ0) is 19.9. The van der Waals surface area contributed by atoms with Gasteiger partial charge in [0.25, 0.3) is 0 Å². The second kappa shape index (κ2) is 10.3. The number of nitrogens with zero attached hydrogens (tertiary/aromatic N) is 1. The smallest absolute Gasteiger partial charge is 0.240 e. The summed E-state index contributed by atoms with van der Waals surface area (Å²) in [7, 11) is -3.58. The number of rotatable bonds is 9. The number of thioether (sulfide) groups is 1. The molecule has 1 N–H and O–H groups in total. The number of anilines is 1. The van der Waals surface area contributed by atoms with Gasteiger partial charge in [0.1, 0.15) is 12.4 Å². The van der Waals surface area contributed by atoms with E-state index in [1.165, 1.54) is 17.8 Å². The van der Waals surface area contributed by atoms with Gasteiger partial charge in [-0.25, -0.2) is 12.8 Å². The molecule has 0 aromatic heterocycles. The van der Waals surface area contributed by atoms with Gasteiger partial charge in [-0.1, -0.05) is 18.2 Å². The summed E-state index contributed by atoms with van der Waals surface area (Å²) in [5.41, 5.74) is 1.07. The third kappa shape index (κ3) is 7.30. The highest BCUT2D eigenvalue weighted by molar-refractivity contribution is 14.1. The molecule has 0 heterocycles. The number of amides is 1. The number of hydrogen-bond acceptors (Lipinski definition) is 4. The summed E-state index contributed by atoms with van der Waals surface area (Å²) < 4.78 is 39.6. The van der Waals surface area contributed by atoms with Crippen molar-refractivity contribution in [2.24, 2.45) is 0 Å². The van der Waals surface area contributed by atoms with Gasteiger partial charge < -0.3 is 5.32 Å². The van der Waals surface area contributed by atoms with Crippen LogP contribution >= 0.6 is 34.4 Å². The zero-order valence-corrected chi connectivity index (χ0v) is 18.5. The van der Waals surface area contributed by atoms with E-state index in [4.69, 9.17) is 0 Å². The summed E-state index contributed by atoms with van der Waals surface area (Å²) in [5.74, 6) is 0.490. The summed E-state index contributed by atoms with van der Waals surface area (Å²) in [4.78, 5) is 12.1. The van der Waals surface area contributed by atoms with Gasteiger partial charge in [-0.05, 0) is 58.5 Å². The van der Waals surface area contributed by atoms with E-state index in [-0.39, 0.29) is 18.3 Å². The first-order chi connectivity index (χ1) is 12.8. The van der Waals surface area contributed by atoms with Gasteiger partial charge in [-0.2, -0.15) is 11.8 Å². The van der Waals surface area contributed by atoms with Crippen molar-refractivity contribution in [2.45, 2.75) is 5.75 Å². The quantitative estimate of drug-likeness (QED) is 0.406. The normalized spacial score (nSPS) is 11.2. The second-order valence-corrected chi connectivity index (χ2v) is 10.00. The molecule has 0 saturated carbocycles. The van der Waals surface area contributed by atoms with E-state index in [0.29, 0.717) is 29.3 Å². The third-order valence-corrected chi connectivity index (χ3v) is 6.45. The van der Waals surface area contributed by atoms with E-state index in [1.807, 2.05) is 0 Å². The Bertz CT molecular complexity index is 876. The number of benzene rings is 2. The van der Waals surface area contributed by atoms with Crippen LogP contribution in [0.15, 0.2) is 48.5 Å². The lowest BCUT2D eigenvalue weighted by Gasteiger charge is -2.22. The molecule has 2 aromatic rings. The first-order valence-electron chi connectivity index (χ1n) is 8.08. The maximum absolute atomic E-state index is 13.5. The van der Waals surface area contributed by atoms with Crippen LogP contribution in [-0.4, -0.2) is 39.4 Å². The topological polar surface area (TPSA) is 66.5 Å². The Hall–Kier alpha value is -1.33. The van der Waals surface area contributed by atoms with Crippen LogP contribution in [0, 0.1) is 9.39 Å². The van der Waals surface area contributed by atoms with Gasteiger partial charge >= 0.3 is 0 Å². The molecule has 9 heteroatoms. The number of hydrogen-bond donors (Lipinski definition) is 1. The molecule has 0 aliphatic carbocycles. The molecule has 0 saturated heterocycles. The fraction of sp³-hybridized carbons (Fsp3) is 0.278. The number of halogens is 2. The highest BCUT2D eigenvalue weighted by Gasteiger charge is 2.20. The number of carbonyl (C=O) groups is 1. The minimum Gasteiger partial charge on any atom is -0.354 e. The van der Waals surface area contributed by atoms with E-state index in [0.717, 1.165) is 14.1 Å². The molecule has 146 valence electrons. The number of nitrogens with one attached hydrogen (secondary N) is 1. The zero-order valence-electron chi connectivity index (χ0n) is 14.7. The molecule has 0 spiro atoms. The molecule has 1 amide bonds. The minimum atomic E-state index is -3.58. The number of sulfonamides is 1. The van der Waals surface area contributed by atoms with Crippen LogP contribution in [0.5, 0.6) is 0 Å². The van der Waals surface area contributed by atoms with Crippen LogP contribution in [-0.2, 0) is 20.6 Å². The van der Waals surface area contributed by atoms with Crippen molar-refractivity contribution in [1.82, 2.24) is 5.32 Å². The van der Waals surface area contributed by atoms with Crippen molar-refractivity contribution in [3.8, 4) is 0 Å². The predicted molar refractivity (Wildman–Crippen MR) is 117 cm³/mol. The molecular weight excluding hydrogens is 502 g/mol. The van der Waals surface area contributed by atoms with Crippen LogP contribution < -0.4 is 9.62 Å². The molecule has 27 heavy (non-hydrogen) atoms. The van der Waals surface area contributed by atoms with Gasteiger partial charge in [0.2, 0.25) is 15.9 Å². The van der Waals surface area contributed by atoms with Gasteiger partial charge in [0.15, 0.2) is 0 Å². The van der Waals surface area contributed by atoms with Crippen molar-refractivity contribution in [1.29, 1.82) is 0 Å². The largest absolute Gasteiger partial charge is 0.354 e. The van der Waals surface area contributed by atoms with E-state index >= 15 is 0 Å². The average Bonchev–Trinajstić information content (AvgIpc) is 2.61. The summed E-state index contributed by atoms with van der Waals surface area (Å²) >= 11 is 3.62. The van der Waals surface area contributed by atoms with Crippen LogP contribution in [0.3, 0.4) is 0 Å². The first kappa shape index (κ1) is 22.0. The third-order valence-electron chi connectivity index (χ3n) is 3.59.